The molecule has 0 aromatic heterocycles. The molecular formula is C14H19N3O2. The summed E-state index contributed by atoms with van der Waals surface area (Å²) in [7, 11) is 0. The number of fused-ring (bicyclic) bond motifs is 1. The van der Waals surface area contributed by atoms with Crippen LogP contribution in [0.25, 0.3) is 0 Å². The van der Waals surface area contributed by atoms with E-state index in [0.29, 0.717) is 13.2 Å². The minimum atomic E-state index is -0.0322. The molecule has 0 spiro atoms. The number of morpholine rings is 1. The summed E-state index contributed by atoms with van der Waals surface area (Å²) >= 11 is 0. The molecule has 3 rings (SSSR count). The molecule has 1 aromatic carbocycles. The average molecular weight is 261 g/mol. The zero-order valence-electron chi connectivity index (χ0n) is 10.9. The fourth-order valence-electron chi connectivity index (χ4n) is 2.51. The van der Waals surface area contributed by atoms with Gasteiger partial charge in [-0.15, -0.1) is 0 Å². The first-order valence-corrected chi connectivity index (χ1v) is 6.79. The molecule has 1 amide bonds. The third-order valence-electron chi connectivity index (χ3n) is 3.63. The van der Waals surface area contributed by atoms with Crippen LogP contribution in [0.5, 0.6) is 0 Å². The summed E-state index contributed by atoms with van der Waals surface area (Å²) in [5, 5.41) is 5.25. The highest BCUT2D eigenvalue weighted by molar-refractivity contribution is 5.94. The van der Waals surface area contributed by atoms with Gasteiger partial charge in [0, 0.05) is 25.2 Å². The van der Waals surface area contributed by atoms with E-state index in [-0.39, 0.29) is 5.91 Å². The highest BCUT2D eigenvalue weighted by Crippen LogP contribution is 2.16. The van der Waals surface area contributed by atoms with Crippen molar-refractivity contribution in [1.82, 2.24) is 15.8 Å². The Morgan fingerprint density at radius 3 is 2.95 bits per heavy atom. The summed E-state index contributed by atoms with van der Waals surface area (Å²) < 4.78 is 5.26. The van der Waals surface area contributed by atoms with E-state index in [9.17, 15) is 4.79 Å². The number of ether oxygens (including phenoxy) is 1. The van der Waals surface area contributed by atoms with Crippen LogP contribution < -0.4 is 10.7 Å². The molecule has 1 aromatic rings. The highest BCUT2D eigenvalue weighted by Gasteiger charge is 2.16. The van der Waals surface area contributed by atoms with Gasteiger partial charge in [-0.25, -0.2) is 5.01 Å². The quantitative estimate of drug-likeness (QED) is 0.804. The van der Waals surface area contributed by atoms with Gasteiger partial charge in [0.25, 0.3) is 5.91 Å². The SMILES string of the molecule is O=C(NN1CCOCC1)c1ccc2c(c1)CNCC2. The van der Waals surface area contributed by atoms with Gasteiger partial charge in [0.05, 0.1) is 13.2 Å². The molecule has 2 N–H and O–H groups in total. The maximum Gasteiger partial charge on any atom is 0.265 e. The van der Waals surface area contributed by atoms with Crippen LogP contribution in [0, 0.1) is 0 Å². The van der Waals surface area contributed by atoms with Crippen LogP contribution in [-0.2, 0) is 17.7 Å². The molecule has 0 unspecified atom stereocenters. The summed E-state index contributed by atoms with van der Waals surface area (Å²) in [5.74, 6) is -0.0322. The third-order valence-corrected chi connectivity index (χ3v) is 3.63. The molecule has 0 aliphatic carbocycles. The molecule has 19 heavy (non-hydrogen) atoms. The normalized spacial score (nSPS) is 19.8. The molecule has 0 bridgehead atoms. The lowest BCUT2D eigenvalue weighted by atomic mass is 9.98. The molecule has 2 heterocycles. The zero-order chi connectivity index (χ0) is 13.1. The fourth-order valence-corrected chi connectivity index (χ4v) is 2.51. The maximum absolute atomic E-state index is 12.2. The van der Waals surface area contributed by atoms with Gasteiger partial charge in [0.15, 0.2) is 0 Å². The van der Waals surface area contributed by atoms with E-state index < -0.39 is 0 Å². The van der Waals surface area contributed by atoms with Crippen molar-refractivity contribution in [1.29, 1.82) is 0 Å². The molecule has 1 fully saturated rings. The summed E-state index contributed by atoms with van der Waals surface area (Å²) in [6.45, 7) is 4.72. The number of carbonyl (C=O) groups is 1. The molecule has 5 heteroatoms. The van der Waals surface area contributed by atoms with Gasteiger partial charge < -0.3 is 10.1 Å². The monoisotopic (exact) mass is 261 g/mol. The maximum atomic E-state index is 12.2. The van der Waals surface area contributed by atoms with Crippen molar-refractivity contribution in [2.45, 2.75) is 13.0 Å². The number of nitrogens with zero attached hydrogens (tertiary/aromatic N) is 1. The van der Waals surface area contributed by atoms with E-state index in [1.807, 2.05) is 17.1 Å². The lowest BCUT2D eigenvalue weighted by Gasteiger charge is -2.27. The molecule has 2 aliphatic heterocycles. The Balaban J connectivity index is 1.69. The summed E-state index contributed by atoms with van der Waals surface area (Å²) in [6, 6.07) is 5.99. The number of hydrazine groups is 1. The van der Waals surface area contributed by atoms with E-state index in [1.165, 1.54) is 11.1 Å². The van der Waals surface area contributed by atoms with Crippen LogP contribution in [0.4, 0.5) is 0 Å². The largest absolute Gasteiger partial charge is 0.379 e. The lowest BCUT2D eigenvalue weighted by Crippen LogP contribution is -2.48. The van der Waals surface area contributed by atoms with Crippen molar-refractivity contribution in [3.63, 3.8) is 0 Å². The minimum Gasteiger partial charge on any atom is -0.379 e. The molecule has 0 atom stereocenters. The Morgan fingerprint density at radius 2 is 2.11 bits per heavy atom. The predicted molar refractivity (Wildman–Crippen MR) is 71.7 cm³/mol. The van der Waals surface area contributed by atoms with Crippen LogP contribution in [0.1, 0.15) is 21.5 Å². The van der Waals surface area contributed by atoms with Gasteiger partial charge in [0.1, 0.15) is 0 Å². The Hall–Kier alpha value is -1.43. The first-order valence-electron chi connectivity index (χ1n) is 6.79. The van der Waals surface area contributed by atoms with Crippen LogP contribution in [0.3, 0.4) is 0 Å². The number of benzene rings is 1. The second-order valence-electron chi connectivity index (χ2n) is 4.95. The molecule has 0 radical (unpaired) electrons. The zero-order valence-corrected chi connectivity index (χ0v) is 10.9. The molecule has 1 saturated heterocycles. The van der Waals surface area contributed by atoms with Crippen molar-refractivity contribution in [2.75, 3.05) is 32.8 Å². The minimum absolute atomic E-state index is 0.0322. The van der Waals surface area contributed by atoms with E-state index in [0.717, 1.165) is 38.2 Å². The van der Waals surface area contributed by atoms with Gasteiger partial charge >= 0.3 is 0 Å². The van der Waals surface area contributed by atoms with Crippen molar-refractivity contribution >= 4 is 5.91 Å². The number of rotatable bonds is 2. The van der Waals surface area contributed by atoms with Crippen molar-refractivity contribution in [2.24, 2.45) is 0 Å². The molecule has 102 valence electrons. The van der Waals surface area contributed by atoms with Crippen molar-refractivity contribution in [3.05, 3.63) is 34.9 Å². The second-order valence-corrected chi connectivity index (χ2v) is 4.95. The van der Waals surface area contributed by atoms with Crippen molar-refractivity contribution in [3.8, 4) is 0 Å². The summed E-state index contributed by atoms with van der Waals surface area (Å²) in [5.41, 5.74) is 6.25. The topological polar surface area (TPSA) is 53.6 Å². The molecule has 5 nitrogen and oxygen atoms in total. The van der Waals surface area contributed by atoms with Gasteiger partial charge in [0.2, 0.25) is 0 Å². The number of hydrogen-bond acceptors (Lipinski definition) is 4. The Morgan fingerprint density at radius 1 is 1.26 bits per heavy atom. The van der Waals surface area contributed by atoms with Gasteiger partial charge in [-0.1, -0.05) is 6.07 Å². The Kier molecular flexibility index (Phi) is 3.77. The number of amides is 1. The predicted octanol–water partition coefficient (Wildman–Crippen LogP) is 0.309. The lowest BCUT2D eigenvalue weighted by molar-refractivity contribution is 0.0126. The molecule has 0 saturated carbocycles. The van der Waals surface area contributed by atoms with Crippen LogP contribution in [-0.4, -0.2) is 43.8 Å². The van der Waals surface area contributed by atoms with E-state index in [1.54, 1.807) is 0 Å². The average Bonchev–Trinajstić information content (AvgIpc) is 2.48. The summed E-state index contributed by atoms with van der Waals surface area (Å²) in [6.07, 6.45) is 1.04. The smallest absolute Gasteiger partial charge is 0.265 e. The number of hydrogen-bond donors (Lipinski definition) is 2. The van der Waals surface area contributed by atoms with Gasteiger partial charge in [-0.05, 0) is 36.2 Å². The van der Waals surface area contributed by atoms with E-state index in [4.69, 9.17) is 4.74 Å². The standard InChI is InChI=1S/C14H19N3O2/c18-14(16-17-5-7-19-8-6-17)12-2-1-11-3-4-15-10-13(11)9-12/h1-2,9,15H,3-8,10H2,(H,16,18). The van der Waals surface area contributed by atoms with E-state index >= 15 is 0 Å². The summed E-state index contributed by atoms with van der Waals surface area (Å²) in [4.78, 5) is 12.2. The second kappa shape index (κ2) is 5.69. The number of carbonyl (C=O) groups excluding carboxylic acids is 1. The Bertz CT molecular complexity index is 470. The number of nitrogens with one attached hydrogen (secondary N) is 2. The fraction of sp³-hybridized carbons (Fsp3) is 0.500. The van der Waals surface area contributed by atoms with Gasteiger partial charge in [-0.2, -0.15) is 0 Å². The van der Waals surface area contributed by atoms with Gasteiger partial charge in [-0.3, -0.25) is 10.2 Å². The molecular weight excluding hydrogens is 242 g/mol. The first-order chi connectivity index (χ1) is 9.33. The van der Waals surface area contributed by atoms with Crippen LogP contribution >= 0.6 is 0 Å². The third kappa shape index (κ3) is 2.94. The highest BCUT2D eigenvalue weighted by atomic mass is 16.5. The van der Waals surface area contributed by atoms with Crippen LogP contribution in [0.2, 0.25) is 0 Å². The van der Waals surface area contributed by atoms with Crippen molar-refractivity contribution < 1.29 is 9.53 Å². The van der Waals surface area contributed by atoms with Crippen LogP contribution in [0.15, 0.2) is 18.2 Å². The molecule has 2 aliphatic rings. The van der Waals surface area contributed by atoms with E-state index in [2.05, 4.69) is 16.8 Å². The Labute approximate surface area is 112 Å². The first kappa shape index (κ1) is 12.6.